The SMILES string of the molecule is O=C1C[C@@H](c2ccc(C(=O)O)cc2)c2cnn(C3CCCC3)c2N1. The Bertz CT molecular complexity index is 788. The first-order chi connectivity index (χ1) is 11.6. The summed E-state index contributed by atoms with van der Waals surface area (Å²) in [6.07, 6.45) is 6.81. The summed E-state index contributed by atoms with van der Waals surface area (Å²) < 4.78 is 1.97. The maximum atomic E-state index is 12.2. The van der Waals surface area contributed by atoms with Crippen molar-refractivity contribution >= 4 is 17.7 Å². The van der Waals surface area contributed by atoms with E-state index in [0.717, 1.165) is 29.8 Å². The van der Waals surface area contributed by atoms with Gasteiger partial charge in [0.2, 0.25) is 5.91 Å². The smallest absolute Gasteiger partial charge is 0.335 e. The molecule has 24 heavy (non-hydrogen) atoms. The predicted octanol–water partition coefficient (Wildman–Crippen LogP) is 3.17. The maximum absolute atomic E-state index is 12.2. The van der Waals surface area contributed by atoms with Crippen LogP contribution in [0.4, 0.5) is 5.82 Å². The number of nitrogens with one attached hydrogen (secondary N) is 1. The second-order valence-electron chi connectivity index (χ2n) is 6.56. The van der Waals surface area contributed by atoms with Crippen LogP contribution in [0.2, 0.25) is 0 Å². The van der Waals surface area contributed by atoms with Gasteiger partial charge in [0, 0.05) is 17.9 Å². The highest BCUT2D eigenvalue weighted by Crippen LogP contribution is 2.40. The number of amides is 1. The molecule has 1 amide bonds. The fraction of sp³-hybridized carbons (Fsp3) is 0.389. The van der Waals surface area contributed by atoms with E-state index in [-0.39, 0.29) is 17.4 Å². The molecule has 0 unspecified atom stereocenters. The molecule has 1 fully saturated rings. The molecule has 6 heteroatoms. The van der Waals surface area contributed by atoms with Gasteiger partial charge in [-0.1, -0.05) is 25.0 Å². The van der Waals surface area contributed by atoms with Crippen molar-refractivity contribution in [1.82, 2.24) is 9.78 Å². The quantitative estimate of drug-likeness (QED) is 0.908. The molecule has 2 aliphatic rings. The van der Waals surface area contributed by atoms with Gasteiger partial charge in [-0.05, 0) is 30.5 Å². The van der Waals surface area contributed by atoms with Crippen LogP contribution in [0.1, 0.15) is 65.5 Å². The molecule has 1 aromatic carbocycles. The minimum absolute atomic E-state index is 0.0189. The number of benzene rings is 1. The van der Waals surface area contributed by atoms with Crippen LogP contribution in [0, 0.1) is 0 Å². The van der Waals surface area contributed by atoms with E-state index in [4.69, 9.17) is 5.11 Å². The largest absolute Gasteiger partial charge is 0.478 e. The Morgan fingerprint density at radius 1 is 1.21 bits per heavy atom. The minimum atomic E-state index is -0.947. The number of anilines is 1. The molecule has 2 heterocycles. The van der Waals surface area contributed by atoms with Crippen LogP contribution in [0.3, 0.4) is 0 Å². The lowest BCUT2D eigenvalue weighted by molar-refractivity contribution is -0.116. The van der Waals surface area contributed by atoms with Crippen molar-refractivity contribution in [3.8, 4) is 0 Å². The average Bonchev–Trinajstić information content (AvgIpc) is 3.23. The molecule has 1 aliphatic carbocycles. The van der Waals surface area contributed by atoms with Crippen LogP contribution in [-0.2, 0) is 4.79 Å². The van der Waals surface area contributed by atoms with Crippen molar-refractivity contribution in [1.29, 1.82) is 0 Å². The zero-order chi connectivity index (χ0) is 16.7. The number of hydrogen-bond acceptors (Lipinski definition) is 3. The van der Waals surface area contributed by atoms with Crippen LogP contribution in [-0.4, -0.2) is 26.8 Å². The first-order valence-corrected chi connectivity index (χ1v) is 8.34. The van der Waals surface area contributed by atoms with Crippen molar-refractivity contribution in [3.05, 3.63) is 47.2 Å². The van der Waals surface area contributed by atoms with E-state index < -0.39 is 5.97 Å². The third-order valence-corrected chi connectivity index (χ3v) is 5.08. The van der Waals surface area contributed by atoms with E-state index in [1.54, 1.807) is 24.3 Å². The summed E-state index contributed by atoms with van der Waals surface area (Å²) >= 11 is 0. The summed E-state index contributed by atoms with van der Waals surface area (Å²) in [6, 6.07) is 7.13. The summed E-state index contributed by atoms with van der Waals surface area (Å²) in [7, 11) is 0. The van der Waals surface area contributed by atoms with E-state index in [2.05, 4.69) is 10.4 Å². The van der Waals surface area contributed by atoms with Gasteiger partial charge in [-0.3, -0.25) is 4.79 Å². The van der Waals surface area contributed by atoms with Crippen LogP contribution in [0.25, 0.3) is 0 Å². The molecule has 1 aromatic heterocycles. The topological polar surface area (TPSA) is 84.2 Å². The van der Waals surface area contributed by atoms with E-state index >= 15 is 0 Å². The standard InChI is InChI=1S/C18H19N3O3/c22-16-9-14(11-5-7-12(8-6-11)18(23)24)15-10-19-21(17(15)20-16)13-3-1-2-4-13/h5-8,10,13-14H,1-4,9H2,(H,20,22)(H,23,24)/t14-/m0/s1. The van der Waals surface area contributed by atoms with Gasteiger partial charge in [0.1, 0.15) is 5.82 Å². The molecule has 1 saturated carbocycles. The Morgan fingerprint density at radius 3 is 2.58 bits per heavy atom. The molecule has 0 saturated heterocycles. The third-order valence-electron chi connectivity index (χ3n) is 5.08. The molecule has 2 aromatic rings. The molecular formula is C18H19N3O3. The predicted molar refractivity (Wildman–Crippen MR) is 88.2 cm³/mol. The lowest BCUT2D eigenvalue weighted by atomic mass is 9.87. The molecule has 6 nitrogen and oxygen atoms in total. The fourth-order valence-corrected chi connectivity index (χ4v) is 3.82. The lowest BCUT2D eigenvalue weighted by Gasteiger charge is -2.25. The number of carbonyl (C=O) groups is 2. The first-order valence-electron chi connectivity index (χ1n) is 8.34. The zero-order valence-electron chi connectivity index (χ0n) is 13.2. The molecule has 0 bridgehead atoms. The van der Waals surface area contributed by atoms with Crippen LogP contribution in [0.15, 0.2) is 30.5 Å². The number of carboxylic acids is 1. The molecule has 2 N–H and O–H groups in total. The number of carboxylic acid groups (broad SMARTS) is 1. The van der Waals surface area contributed by atoms with Gasteiger partial charge < -0.3 is 10.4 Å². The molecule has 0 radical (unpaired) electrons. The Labute approximate surface area is 139 Å². The van der Waals surface area contributed by atoms with Gasteiger partial charge in [-0.2, -0.15) is 5.10 Å². The minimum Gasteiger partial charge on any atom is -0.478 e. The second kappa shape index (κ2) is 5.78. The van der Waals surface area contributed by atoms with Crippen molar-refractivity contribution in [3.63, 3.8) is 0 Å². The summed E-state index contributed by atoms with van der Waals surface area (Å²) in [4.78, 5) is 23.2. The number of aromatic carboxylic acids is 1. The molecule has 1 aliphatic heterocycles. The summed E-state index contributed by atoms with van der Waals surface area (Å²) in [6.45, 7) is 0. The highest BCUT2D eigenvalue weighted by molar-refractivity contribution is 5.94. The molecular weight excluding hydrogens is 306 g/mol. The zero-order valence-corrected chi connectivity index (χ0v) is 13.2. The van der Waals surface area contributed by atoms with Gasteiger partial charge in [-0.15, -0.1) is 0 Å². The average molecular weight is 325 g/mol. The van der Waals surface area contributed by atoms with Gasteiger partial charge in [0.25, 0.3) is 0 Å². The third kappa shape index (κ3) is 2.48. The number of carbonyl (C=O) groups excluding carboxylic acids is 1. The number of aromatic nitrogens is 2. The molecule has 124 valence electrons. The van der Waals surface area contributed by atoms with E-state index in [1.807, 2.05) is 10.9 Å². The van der Waals surface area contributed by atoms with Crippen LogP contribution in [0.5, 0.6) is 0 Å². The van der Waals surface area contributed by atoms with Crippen molar-refractivity contribution < 1.29 is 14.7 Å². The van der Waals surface area contributed by atoms with Crippen LogP contribution < -0.4 is 5.32 Å². The second-order valence-corrected chi connectivity index (χ2v) is 6.56. The molecule has 1 atom stereocenters. The maximum Gasteiger partial charge on any atom is 0.335 e. The number of fused-ring (bicyclic) bond motifs is 1. The summed E-state index contributed by atoms with van der Waals surface area (Å²) in [5, 5.41) is 16.6. The first kappa shape index (κ1) is 14.9. The molecule has 4 rings (SSSR count). The van der Waals surface area contributed by atoms with Crippen LogP contribution >= 0.6 is 0 Å². The molecule has 0 spiro atoms. The number of rotatable bonds is 3. The lowest BCUT2D eigenvalue weighted by Crippen LogP contribution is -2.25. The number of nitrogens with zero attached hydrogens (tertiary/aromatic N) is 2. The van der Waals surface area contributed by atoms with Gasteiger partial charge in [0.05, 0.1) is 17.8 Å². The van der Waals surface area contributed by atoms with Gasteiger partial charge in [-0.25, -0.2) is 9.48 Å². The van der Waals surface area contributed by atoms with Gasteiger partial charge in [0.15, 0.2) is 0 Å². The highest BCUT2D eigenvalue weighted by atomic mass is 16.4. The normalized spacial score (nSPS) is 20.7. The Balaban J connectivity index is 1.71. The Hall–Kier alpha value is -2.63. The van der Waals surface area contributed by atoms with E-state index in [9.17, 15) is 9.59 Å². The van der Waals surface area contributed by atoms with E-state index in [0.29, 0.717) is 12.5 Å². The number of hydrogen-bond donors (Lipinski definition) is 2. The fourth-order valence-electron chi connectivity index (χ4n) is 3.82. The van der Waals surface area contributed by atoms with Gasteiger partial charge >= 0.3 is 5.97 Å². The summed E-state index contributed by atoms with van der Waals surface area (Å²) in [5.74, 6) is -0.232. The Kier molecular flexibility index (Phi) is 3.59. The Morgan fingerprint density at radius 2 is 1.92 bits per heavy atom. The monoisotopic (exact) mass is 325 g/mol. The summed E-state index contributed by atoms with van der Waals surface area (Å²) in [5.41, 5.74) is 2.22. The van der Waals surface area contributed by atoms with E-state index in [1.165, 1.54) is 12.8 Å². The van der Waals surface area contributed by atoms with Crippen molar-refractivity contribution in [2.75, 3.05) is 5.32 Å². The van der Waals surface area contributed by atoms with Crippen molar-refractivity contribution in [2.24, 2.45) is 0 Å². The highest BCUT2D eigenvalue weighted by Gasteiger charge is 2.32. The van der Waals surface area contributed by atoms with Crippen molar-refractivity contribution in [2.45, 2.75) is 44.1 Å².